The van der Waals surface area contributed by atoms with E-state index in [1.54, 1.807) is 19.2 Å². The lowest BCUT2D eigenvalue weighted by atomic mass is 9.88. The molecular formula is C23H35N3O4S. The van der Waals surface area contributed by atoms with Crippen LogP contribution in [0.15, 0.2) is 29.2 Å². The Balaban J connectivity index is 1.32. The Bertz CT molecular complexity index is 859. The monoisotopic (exact) mass is 449 g/mol. The van der Waals surface area contributed by atoms with Crippen LogP contribution in [0.3, 0.4) is 0 Å². The van der Waals surface area contributed by atoms with Gasteiger partial charge >= 0.3 is 0 Å². The molecule has 0 radical (unpaired) electrons. The van der Waals surface area contributed by atoms with Gasteiger partial charge in [0, 0.05) is 19.7 Å². The minimum Gasteiger partial charge on any atom is -0.381 e. The number of ether oxygens (including phenoxy) is 1. The summed E-state index contributed by atoms with van der Waals surface area (Å²) < 4.78 is 31.7. The number of methoxy groups -OCH3 is 1. The van der Waals surface area contributed by atoms with Crippen molar-refractivity contribution in [3.8, 4) is 0 Å². The molecule has 0 bridgehead atoms. The first-order valence-electron chi connectivity index (χ1n) is 11.5. The first kappa shape index (κ1) is 22.7. The fraction of sp³-hybridized carbons (Fsp3) is 0.696. The molecule has 1 amide bonds. The normalized spacial score (nSPS) is 33.6. The number of fused-ring (bicyclic) bond motifs is 1. The maximum Gasteiger partial charge on any atom is 0.237 e. The van der Waals surface area contributed by atoms with Crippen LogP contribution in [0.5, 0.6) is 0 Å². The van der Waals surface area contributed by atoms with Crippen LogP contribution in [0.2, 0.25) is 0 Å². The smallest absolute Gasteiger partial charge is 0.237 e. The lowest BCUT2D eigenvalue weighted by Gasteiger charge is -2.33. The zero-order valence-electron chi connectivity index (χ0n) is 18.5. The van der Waals surface area contributed by atoms with Gasteiger partial charge in [0.2, 0.25) is 5.91 Å². The van der Waals surface area contributed by atoms with Crippen molar-refractivity contribution < 1.29 is 17.9 Å². The molecule has 1 aromatic carbocycles. The van der Waals surface area contributed by atoms with Gasteiger partial charge in [-0.2, -0.15) is 0 Å². The van der Waals surface area contributed by atoms with Gasteiger partial charge in [0.05, 0.1) is 22.3 Å². The molecule has 0 aromatic heterocycles. The summed E-state index contributed by atoms with van der Waals surface area (Å²) in [4.78, 5) is 12.9. The molecule has 8 heteroatoms. The highest BCUT2D eigenvalue weighted by atomic mass is 32.2. The number of hydrogen-bond acceptors (Lipinski definition) is 6. The molecule has 1 saturated carbocycles. The average Bonchev–Trinajstić information content (AvgIpc) is 3.22. The molecule has 2 saturated heterocycles. The SMILES string of the molecule is COC1CCC(S(=O)(=O)c2ccc(CNC(=O)C3CC4CNCCC4N3)cc2)C(C)C1. The molecule has 6 unspecified atom stereocenters. The molecular weight excluding hydrogens is 414 g/mol. The van der Waals surface area contributed by atoms with Crippen molar-refractivity contribution in [3.05, 3.63) is 29.8 Å². The second kappa shape index (κ2) is 9.57. The molecule has 3 aliphatic rings. The van der Waals surface area contributed by atoms with Crippen LogP contribution in [-0.4, -0.2) is 58.0 Å². The Morgan fingerprint density at radius 2 is 1.94 bits per heavy atom. The zero-order valence-corrected chi connectivity index (χ0v) is 19.3. The summed E-state index contributed by atoms with van der Waals surface area (Å²) in [6, 6.07) is 7.27. The Kier molecular flexibility index (Phi) is 7.01. The number of amides is 1. The van der Waals surface area contributed by atoms with Crippen molar-refractivity contribution in [1.29, 1.82) is 0 Å². The number of carbonyl (C=O) groups is 1. The fourth-order valence-corrected chi connectivity index (χ4v) is 7.51. The van der Waals surface area contributed by atoms with Crippen molar-refractivity contribution in [2.45, 2.75) is 73.9 Å². The maximum atomic E-state index is 13.1. The van der Waals surface area contributed by atoms with Crippen LogP contribution in [0.4, 0.5) is 0 Å². The van der Waals surface area contributed by atoms with E-state index in [0.29, 0.717) is 29.8 Å². The zero-order chi connectivity index (χ0) is 22.0. The quantitative estimate of drug-likeness (QED) is 0.611. The highest BCUT2D eigenvalue weighted by molar-refractivity contribution is 7.92. The third kappa shape index (κ3) is 4.97. The third-order valence-electron chi connectivity index (χ3n) is 7.37. The van der Waals surface area contributed by atoms with Crippen LogP contribution < -0.4 is 16.0 Å². The van der Waals surface area contributed by atoms with Gasteiger partial charge in [0.15, 0.2) is 9.84 Å². The number of benzene rings is 1. The van der Waals surface area contributed by atoms with Crippen molar-refractivity contribution in [3.63, 3.8) is 0 Å². The summed E-state index contributed by atoms with van der Waals surface area (Å²) in [5.41, 5.74) is 0.903. The molecule has 172 valence electrons. The van der Waals surface area contributed by atoms with Crippen molar-refractivity contribution in [2.24, 2.45) is 11.8 Å². The second-order valence-electron chi connectivity index (χ2n) is 9.41. The van der Waals surface area contributed by atoms with Crippen molar-refractivity contribution >= 4 is 15.7 Å². The molecule has 3 fully saturated rings. The first-order valence-corrected chi connectivity index (χ1v) is 13.0. The summed E-state index contributed by atoms with van der Waals surface area (Å²) in [5.74, 6) is 0.616. The predicted molar refractivity (Wildman–Crippen MR) is 119 cm³/mol. The maximum absolute atomic E-state index is 13.1. The van der Waals surface area contributed by atoms with E-state index in [2.05, 4.69) is 16.0 Å². The van der Waals surface area contributed by atoms with Gasteiger partial charge in [-0.15, -0.1) is 0 Å². The van der Waals surface area contributed by atoms with Gasteiger partial charge in [-0.3, -0.25) is 4.79 Å². The van der Waals surface area contributed by atoms with E-state index in [-0.39, 0.29) is 29.2 Å². The highest BCUT2D eigenvalue weighted by Gasteiger charge is 2.39. The summed E-state index contributed by atoms with van der Waals surface area (Å²) >= 11 is 0. The Hall–Kier alpha value is -1.48. The predicted octanol–water partition coefficient (Wildman–Crippen LogP) is 1.62. The molecule has 3 N–H and O–H groups in total. The number of carbonyl (C=O) groups excluding carboxylic acids is 1. The minimum absolute atomic E-state index is 0.0230. The lowest BCUT2D eigenvalue weighted by molar-refractivity contribution is -0.123. The van der Waals surface area contributed by atoms with E-state index >= 15 is 0 Å². The number of nitrogens with one attached hydrogen (secondary N) is 3. The second-order valence-corrected chi connectivity index (χ2v) is 11.6. The van der Waals surface area contributed by atoms with Gasteiger partial charge in [-0.1, -0.05) is 19.1 Å². The van der Waals surface area contributed by atoms with Crippen LogP contribution in [0.25, 0.3) is 0 Å². The fourth-order valence-electron chi connectivity index (χ4n) is 5.48. The molecule has 1 aliphatic carbocycles. The van der Waals surface area contributed by atoms with E-state index in [4.69, 9.17) is 4.74 Å². The van der Waals surface area contributed by atoms with Crippen LogP contribution in [0.1, 0.15) is 44.6 Å². The van der Waals surface area contributed by atoms with Crippen molar-refractivity contribution in [2.75, 3.05) is 20.2 Å². The molecule has 31 heavy (non-hydrogen) atoms. The molecule has 2 heterocycles. The summed E-state index contributed by atoms with van der Waals surface area (Å²) in [6.45, 7) is 4.38. The van der Waals surface area contributed by atoms with Gasteiger partial charge in [0.1, 0.15) is 0 Å². The molecule has 0 spiro atoms. The van der Waals surface area contributed by atoms with E-state index in [9.17, 15) is 13.2 Å². The van der Waals surface area contributed by atoms with Crippen LogP contribution in [-0.2, 0) is 25.9 Å². The van der Waals surface area contributed by atoms with Gasteiger partial charge < -0.3 is 20.7 Å². The first-order chi connectivity index (χ1) is 14.9. The summed E-state index contributed by atoms with van der Waals surface area (Å²) in [7, 11) is -1.68. The van der Waals surface area contributed by atoms with Gasteiger partial charge in [-0.25, -0.2) is 8.42 Å². The molecule has 7 nitrogen and oxygen atoms in total. The van der Waals surface area contributed by atoms with Gasteiger partial charge in [0.25, 0.3) is 0 Å². The minimum atomic E-state index is -3.38. The average molecular weight is 450 g/mol. The topological polar surface area (TPSA) is 96.5 Å². The van der Waals surface area contributed by atoms with Crippen LogP contribution >= 0.6 is 0 Å². The largest absolute Gasteiger partial charge is 0.381 e. The summed E-state index contributed by atoms with van der Waals surface area (Å²) in [6.07, 6.45) is 4.27. The third-order valence-corrected chi connectivity index (χ3v) is 9.80. The van der Waals surface area contributed by atoms with Crippen LogP contribution in [0, 0.1) is 11.8 Å². The van der Waals surface area contributed by atoms with Gasteiger partial charge in [-0.05, 0) is 74.7 Å². The highest BCUT2D eigenvalue weighted by Crippen LogP contribution is 2.34. The number of sulfone groups is 1. The molecule has 4 rings (SSSR count). The number of piperidine rings is 1. The van der Waals surface area contributed by atoms with E-state index in [1.165, 1.54) is 0 Å². The lowest BCUT2D eigenvalue weighted by Crippen LogP contribution is -2.45. The molecule has 1 aromatic rings. The molecule has 2 aliphatic heterocycles. The number of rotatable bonds is 6. The van der Waals surface area contributed by atoms with E-state index in [0.717, 1.165) is 44.3 Å². The van der Waals surface area contributed by atoms with E-state index in [1.807, 2.05) is 19.1 Å². The Morgan fingerprint density at radius 1 is 1.16 bits per heavy atom. The van der Waals surface area contributed by atoms with Crippen molar-refractivity contribution in [1.82, 2.24) is 16.0 Å². The molecule has 6 atom stereocenters. The summed E-state index contributed by atoms with van der Waals surface area (Å²) in [5, 5.41) is 9.50. The van der Waals surface area contributed by atoms with E-state index < -0.39 is 9.84 Å². The Labute approximate surface area is 185 Å². The standard InChI is InChI=1S/C23H35N3O4S/c1-15-11-18(30-2)5-8-22(15)31(28,29)19-6-3-16(4-7-19)13-25-23(27)21-12-17-14-24-10-9-20(17)26-21/h3-4,6-7,15,17-18,20-22,24,26H,5,8-14H2,1-2H3,(H,25,27). The Morgan fingerprint density at radius 3 is 2.61 bits per heavy atom. The number of hydrogen-bond donors (Lipinski definition) is 3.